The second-order valence-corrected chi connectivity index (χ2v) is 4.89. The summed E-state index contributed by atoms with van der Waals surface area (Å²) in [5.41, 5.74) is 0. The molecule has 2 amide bonds. The molecule has 6 heteroatoms. The fourth-order valence-electron chi connectivity index (χ4n) is 1.84. The van der Waals surface area contributed by atoms with Gasteiger partial charge in [-0.05, 0) is 19.3 Å². The van der Waals surface area contributed by atoms with Gasteiger partial charge in [-0.2, -0.15) is 0 Å². The van der Waals surface area contributed by atoms with Crippen LogP contribution >= 0.6 is 0 Å². The van der Waals surface area contributed by atoms with Crippen molar-refractivity contribution in [1.82, 2.24) is 10.6 Å². The minimum atomic E-state index is -0.669. The lowest BCUT2D eigenvalue weighted by Gasteiger charge is -2.25. The van der Waals surface area contributed by atoms with E-state index in [0.717, 1.165) is 12.8 Å². The number of rotatable bonds is 10. The number of amides is 2. The van der Waals surface area contributed by atoms with Gasteiger partial charge in [-0.1, -0.05) is 13.3 Å². The highest BCUT2D eigenvalue weighted by Crippen LogP contribution is 2.11. The van der Waals surface area contributed by atoms with Gasteiger partial charge in [0, 0.05) is 34.3 Å². The van der Waals surface area contributed by atoms with Crippen molar-refractivity contribution < 1.29 is 19.1 Å². The molecule has 2 N–H and O–H groups in total. The van der Waals surface area contributed by atoms with Crippen LogP contribution < -0.4 is 10.6 Å². The summed E-state index contributed by atoms with van der Waals surface area (Å²) in [7, 11) is 3.21. The third kappa shape index (κ3) is 7.45. The molecule has 3 atom stereocenters. The number of methoxy groups -OCH3 is 1. The average Bonchev–Trinajstić information content (AvgIpc) is 2.43. The van der Waals surface area contributed by atoms with Crippen LogP contribution in [0.15, 0.2) is 0 Å². The van der Waals surface area contributed by atoms with E-state index in [1.807, 2.05) is 0 Å². The Labute approximate surface area is 121 Å². The van der Waals surface area contributed by atoms with Crippen LogP contribution in [0.1, 0.15) is 33.6 Å². The van der Waals surface area contributed by atoms with E-state index < -0.39 is 6.04 Å². The second-order valence-electron chi connectivity index (χ2n) is 4.89. The van der Waals surface area contributed by atoms with E-state index in [4.69, 9.17) is 9.47 Å². The largest absolute Gasteiger partial charge is 0.385 e. The van der Waals surface area contributed by atoms with Gasteiger partial charge in [0.1, 0.15) is 6.04 Å². The summed E-state index contributed by atoms with van der Waals surface area (Å²) in [5, 5.41) is 5.15. The summed E-state index contributed by atoms with van der Waals surface area (Å²) >= 11 is 0. The molecule has 6 nitrogen and oxygen atoms in total. The Hall–Kier alpha value is -1.14. The van der Waals surface area contributed by atoms with Crippen LogP contribution in [0.25, 0.3) is 0 Å². The fourth-order valence-corrected chi connectivity index (χ4v) is 1.84. The molecular weight excluding hydrogens is 260 g/mol. The molecule has 0 aromatic heterocycles. The maximum atomic E-state index is 11.7. The molecule has 0 saturated heterocycles. The van der Waals surface area contributed by atoms with Gasteiger partial charge in [0.05, 0.1) is 6.10 Å². The van der Waals surface area contributed by atoms with Crippen molar-refractivity contribution in [3.8, 4) is 0 Å². The molecule has 0 aromatic rings. The van der Waals surface area contributed by atoms with Crippen LogP contribution in [0, 0.1) is 5.92 Å². The summed E-state index contributed by atoms with van der Waals surface area (Å²) in [6, 6.07) is -0.669. The predicted molar refractivity (Wildman–Crippen MR) is 77.4 cm³/mol. The highest BCUT2D eigenvalue weighted by Gasteiger charge is 2.26. The smallest absolute Gasteiger partial charge is 0.245 e. The normalized spacial score (nSPS) is 15.2. The first-order valence-corrected chi connectivity index (χ1v) is 7.05. The number of likely N-dealkylation sites (N-methyl/N-ethyl adjacent to an activating group) is 1. The number of carbonyl (C=O) groups excluding carboxylic acids is 2. The average molecular weight is 288 g/mol. The van der Waals surface area contributed by atoms with Crippen LogP contribution in [0.2, 0.25) is 0 Å². The van der Waals surface area contributed by atoms with Gasteiger partial charge in [0.15, 0.2) is 0 Å². The van der Waals surface area contributed by atoms with Crippen molar-refractivity contribution in [1.29, 1.82) is 0 Å². The highest BCUT2D eigenvalue weighted by atomic mass is 16.5. The molecule has 0 radical (unpaired) electrons. The number of nitrogens with one attached hydrogen (secondary N) is 2. The fraction of sp³-hybridized carbons (Fsp3) is 0.857. The standard InChI is InChI=1S/C14H28N2O4/c1-6-12(7-8-19-5)9-20-10(2)13(14(18)15-4)16-11(3)17/h10,12-13H,6-9H2,1-5H3,(H,15,18)(H,16,17). The van der Waals surface area contributed by atoms with Crippen LogP contribution in [0.3, 0.4) is 0 Å². The van der Waals surface area contributed by atoms with Crippen LogP contribution in [0.4, 0.5) is 0 Å². The maximum absolute atomic E-state index is 11.7. The Morgan fingerprint density at radius 2 is 1.95 bits per heavy atom. The zero-order valence-corrected chi connectivity index (χ0v) is 13.2. The van der Waals surface area contributed by atoms with Gasteiger partial charge in [0.25, 0.3) is 0 Å². The Bertz CT molecular complexity index is 297. The zero-order chi connectivity index (χ0) is 15.5. The van der Waals surface area contributed by atoms with Gasteiger partial charge in [-0.15, -0.1) is 0 Å². The summed E-state index contributed by atoms with van der Waals surface area (Å²) < 4.78 is 10.8. The molecule has 20 heavy (non-hydrogen) atoms. The van der Waals surface area contributed by atoms with E-state index in [1.165, 1.54) is 14.0 Å². The van der Waals surface area contributed by atoms with E-state index in [1.54, 1.807) is 14.0 Å². The lowest BCUT2D eigenvalue weighted by molar-refractivity contribution is -0.132. The summed E-state index contributed by atoms with van der Waals surface area (Å²) in [5.74, 6) is -0.113. The number of hydrogen-bond acceptors (Lipinski definition) is 4. The molecule has 0 saturated carbocycles. The topological polar surface area (TPSA) is 76.7 Å². The van der Waals surface area contributed by atoms with Gasteiger partial charge < -0.3 is 20.1 Å². The predicted octanol–water partition coefficient (Wildman–Crippen LogP) is 0.705. The van der Waals surface area contributed by atoms with E-state index in [2.05, 4.69) is 17.6 Å². The van der Waals surface area contributed by atoms with Crippen LogP contribution in [-0.4, -0.2) is 51.3 Å². The van der Waals surface area contributed by atoms with Gasteiger partial charge in [0.2, 0.25) is 11.8 Å². The summed E-state index contributed by atoms with van der Waals surface area (Å²) in [4.78, 5) is 22.9. The van der Waals surface area contributed by atoms with Gasteiger partial charge in [-0.25, -0.2) is 0 Å². The van der Waals surface area contributed by atoms with Crippen LogP contribution in [-0.2, 0) is 19.1 Å². The first-order chi connectivity index (χ1) is 9.46. The molecule has 118 valence electrons. The van der Waals surface area contributed by atoms with Gasteiger partial charge in [-0.3, -0.25) is 9.59 Å². The zero-order valence-electron chi connectivity index (χ0n) is 13.2. The van der Waals surface area contributed by atoms with E-state index in [9.17, 15) is 9.59 Å². The van der Waals surface area contributed by atoms with Crippen molar-refractivity contribution in [2.24, 2.45) is 5.92 Å². The Morgan fingerprint density at radius 1 is 1.30 bits per heavy atom. The molecule has 0 aromatic carbocycles. The first kappa shape index (κ1) is 18.9. The van der Waals surface area contributed by atoms with E-state index in [0.29, 0.717) is 19.1 Å². The molecule has 0 bridgehead atoms. The van der Waals surface area contributed by atoms with Crippen molar-refractivity contribution in [3.05, 3.63) is 0 Å². The van der Waals surface area contributed by atoms with Gasteiger partial charge >= 0.3 is 0 Å². The second kappa shape index (κ2) is 10.6. The summed E-state index contributed by atoms with van der Waals surface area (Å²) in [6.07, 6.45) is 1.53. The number of hydrogen-bond donors (Lipinski definition) is 2. The molecule has 0 aliphatic rings. The molecule has 0 heterocycles. The maximum Gasteiger partial charge on any atom is 0.245 e. The molecule has 0 aliphatic carbocycles. The van der Waals surface area contributed by atoms with Crippen molar-refractivity contribution >= 4 is 11.8 Å². The van der Waals surface area contributed by atoms with E-state index in [-0.39, 0.29) is 17.9 Å². The molecule has 0 spiro atoms. The molecule has 3 unspecified atom stereocenters. The molecule has 0 aliphatic heterocycles. The lowest BCUT2D eigenvalue weighted by Crippen LogP contribution is -2.52. The van der Waals surface area contributed by atoms with Crippen molar-refractivity contribution in [3.63, 3.8) is 0 Å². The Morgan fingerprint density at radius 3 is 2.40 bits per heavy atom. The van der Waals surface area contributed by atoms with E-state index >= 15 is 0 Å². The summed E-state index contributed by atoms with van der Waals surface area (Å²) in [6.45, 7) is 6.52. The quantitative estimate of drug-likeness (QED) is 0.620. The molecule has 0 rings (SSSR count). The third-order valence-electron chi connectivity index (χ3n) is 3.26. The van der Waals surface area contributed by atoms with Crippen LogP contribution in [0.5, 0.6) is 0 Å². The van der Waals surface area contributed by atoms with Crippen molar-refractivity contribution in [2.45, 2.75) is 45.8 Å². The molecule has 0 fully saturated rings. The lowest BCUT2D eigenvalue weighted by atomic mass is 10.0. The Balaban J connectivity index is 4.39. The third-order valence-corrected chi connectivity index (χ3v) is 3.26. The minimum absolute atomic E-state index is 0.250. The molecular formula is C14H28N2O4. The SMILES string of the molecule is CCC(CCOC)COC(C)C(NC(C)=O)C(=O)NC. The highest BCUT2D eigenvalue weighted by molar-refractivity contribution is 5.87. The van der Waals surface area contributed by atoms with Crippen molar-refractivity contribution in [2.75, 3.05) is 27.4 Å². The number of carbonyl (C=O) groups is 2. The number of ether oxygens (including phenoxy) is 2. The monoisotopic (exact) mass is 288 g/mol. The minimum Gasteiger partial charge on any atom is -0.385 e. The Kier molecular flexibility index (Phi) is 10.0. The first-order valence-electron chi connectivity index (χ1n) is 7.05.